The first-order chi connectivity index (χ1) is 15.9. The lowest BCUT2D eigenvalue weighted by molar-refractivity contribution is -0.132. The Morgan fingerprint density at radius 1 is 0.970 bits per heavy atom. The van der Waals surface area contributed by atoms with Crippen molar-refractivity contribution >= 4 is 17.6 Å². The van der Waals surface area contributed by atoms with Gasteiger partial charge in [-0.1, -0.05) is 12.1 Å². The lowest BCUT2D eigenvalue weighted by Gasteiger charge is -2.12. The molecule has 0 saturated heterocycles. The van der Waals surface area contributed by atoms with E-state index in [0.29, 0.717) is 52.7 Å². The number of hydrogen-bond donors (Lipinski definition) is 1. The van der Waals surface area contributed by atoms with Gasteiger partial charge in [-0.15, -0.1) is 0 Å². The molecule has 0 heterocycles. The number of aliphatic carboxylic acids is 1. The number of carbonyl (C=O) groups is 1. The quantitative estimate of drug-likeness (QED) is 0.201. The average Bonchev–Trinajstić information content (AvgIpc) is 2.84. The second kappa shape index (κ2) is 12.8. The zero-order valence-corrected chi connectivity index (χ0v) is 19.4. The van der Waals surface area contributed by atoms with Gasteiger partial charge >= 0.3 is 5.97 Å². The van der Waals surface area contributed by atoms with Crippen LogP contribution in [0.4, 0.5) is 0 Å². The maximum atomic E-state index is 10.8. The van der Waals surface area contributed by atoms with Crippen LogP contribution in [0.1, 0.15) is 37.3 Å². The minimum atomic E-state index is -0.893. The zero-order chi connectivity index (χ0) is 24.2. The van der Waals surface area contributed by atoms with Gasteiger partial charge in [0.25, 0.3) is 0 Å². The molecule has 0 bridgehead atoms. The third kappa shape index (κ3) is 7.32. The Kier molecular flexibility index (Phi) is 9.84. The average molecular weight is 452 g/mol. The molecule has 0 saturated carbocycles. The van der Waals surface area contributed by atoms with Crippen molar-refractivity contribution in [2.45, 2.75) is 26.2 Å². The highest BCUT2D eigenvalue weighted by molar-refractivity contribution is 5.90. The molecule has 7 nitrogen and oxygen atoms in total. The molecule has 33 heavy (non-hydrogen) atoms. The summed E-state index contributed by atoms with van der Waals surface area (Å²) in [6, 6.07) is 13.0. The first-order valence-corrected chi connectivity index (χ1v) is 10.5. The van der Waals surface area contributed by atoms with Crippen molar-refractivity contribution < 1.29 is 28.8 Å². The molecule has 2 aromatic carbocycles. The Balaban J connectivity index is 2.08. The Morgan fingerprint density at radius 2 is 1.64 bits per heavy atom. The number of rotatable bonds is 12. The van der Waals surface area contributed by atoms with E-state index in [1.165, 1.54) is 0 Å². The molecule has 7 heteroatoms. The molecule has 0 unspecified atom stereocenters. The second-order valence-electron chi connectivity index (χ2n) is 7.19. The SMILES string of the molecule is COc1ccc(C(C#N)=Cc2ccc(OCCCCC=C(C)C(=O)O)c(OC)c2)cc1OC. The number of unbranched alkanes of at least 4 members (excludes halogenated alkanes) is 2. The van der Waals surface area contributed by atoms with E-state index in [1.54, 1.807) is 58.6 Å². The summed E-state index contributed by atoms with van der Waals surface area (Å²) in [5.41, 5.74) is 2.32. The van der Waals surface area contributed by atoms with E-state index in [2.05, 4.69) is 6.07 Å². The molecule has 0 spiro atoms. The molecule has 2 aromatic rings. The lowest BCUT2D eigenvalue weighted by Crippen LogP contribution is -2.00. The number of methoxy groups -OCH3 is 3. The van der Waals surface area contributed by atoms with Gasteiger partial charge in [0.1, 0.15) is 0 Å². The van der Waals surface area contributed by atoms with Gasteiger partial charge in [-0.3, -0.25) is 0 Å². The molecule has 174 valence electrons. The third-order valence-electron chi connectivity index (χ3n) is 4.96. The summed E-state index contributed by atoms with van der Waals surface area (Å²) in [4.78, 5) is 10.8. The van der Waals surface area contributed by atoms with Crippen LogP contribution in [0, 0.1) is 11.3 Å². The van der Waals surface area contributed by atoms with Crippen LogP contribution >= 0.6 is 0 Å². The molecular formula is C26H29NO6. The number of nitriles is 1. The standard InChI is InChI=1S/C26H29NO6/c1-18(26(28)29)8-6-5-7-13-33-23-11-9-19(15-24(23)31-3)14-21(17-27)20-10-12-22(30-2)25(16-20)32-4/h8-12,14-16H,5-7,13H2,1-4H3,(H,28,29). The summed E-state index contributed by atoms with van der Waals surface area (Å²) in [5, 5.41) is 18.5. The number of carboxylic acid groups (broad SMARTS) is 1. The number of allylic oxidation sites excluding steroid dienone is 2. The Hall–Kier alpha value is -3.92. The number of carboxylic acids is 1. The van der Waals surface area contributed by atoms with Crippen LogP contribution in [0.15, 0.2) is 48.0 Å². The highest BCUT2D eigenvalue weighted by Gasteiger charge is 2.10. The Bertz CT molecular complexity index is 1060. The summed E-state index contributed by atoms with van der Waals surface area (Å²) >= 11 is 0. The predicted octanol–water partition coefficient (Wildman–Crippen LogP) is 5.36. The fourth-order valence-corrected chi connectivity index (χ4v) is 3.08. The van der Waals surface area contributed by atoms with Crippen molar-refractivity contribution in [2.75, 3.05) is 27.9 Å². The van der Waals surface area contributed by atoms with Gasteiger partial charge in [-0.2, -0.15) is 5.26 Å². The molecule has 0 aliphatic heterocycles. The Labute approximate surface area is 194 Å². The van der Waals surface area contributed by atoms with Crippen molar-refractivity contribution in [2.24, 2.45) is 0 Å². The van der Waals surface area contributed by atoms with Gasteiger partial charge in [0, 0.05) is 5.57 Å². The predicted molar refractivity (Wildman–Crippen MR) is 127 cm³/mol. The van der Waals surface area contributed by atoms with Crippen LogP contribution in [-0.4, -0.2) is 39.0 Å². The summed E-state index contributed by atoms with van der Waals surface area (Å²) in [6.07, 6.45) is 5.78. The van der Waals surface area contributed by atoms with E-state index >= 15 is 0 Å². The van der Waals surface area contributed by atoms with Crippen LogP contribution in [0.2, 0.25) is 0 Å². The van der Waals surface area contributed by atoms with E-state index in [0.717, 1.165) is 18.4 Å². The van der Waals surface area contributed by atoms with E-state index in [4.69, 9.17) is 24.1 Å². The second-order valence-corrected chi connectivity index (χ2v) is 7.19. The van der Waals surface area contributed by atoms with Gasteiger partial charge in [-0.05, 0) is 73.7 Å². The monoisotopic (exact) mass is 451 g/mol. The normalized spacial score (nSPS) is 11.5. The minimum Gasteiger partial charge on any atom is -0.493 e. The molecule has 0 fully saturated rings. The van der Waals surface area contributed by atoms with Gasteiger partial charge < -0.3 is 24.1 Å². The van der Waals surface area contributed by atoms with Gasteiger partial charge in [0.2, 0.25) is 0 Å². The van der Waals surface area contributed by atoms with E-state index in [1.807, 2.05) is 18.2 Å². The van der Waals surface area contributed by atoms with Gasteiger partial charge in [-0.25, -0.2) is 4.79 Å². The minimum absolute atomic E-state index is 0.353. The molecule has 0 aromatic heterocycles. The van der Waals surface area contributed by atoms with Crippen LogP contribution in [0.25, 0.3) is 11.6 Å². The largest absolute Gasteiger partial charge is 0.493 e. The smallest absolute Gasteiger partial charge is 0.330 e. The number of nitrogens with zero attached hydrogens (tertiary/aromatic N) is 1. The van der Waals surface area contributed by atoms with Crippen LogP contribution in [0.3, 0.4) is 0 Å². The van der Waals surface area contributed by atoms with E-state index in [9.17, 15) is 10.1 Å². The topological polar surface area (TPSA) is 98.0 Å². The maximum Gasteiger partial charge on any atom is 0.330 e. The van der Waals surface area contributed by atoms with Crippen LogP contribution < -0.4 is 18.9 Å². The van der Waals surface area contributed by atoms with Crippen LogP contribution in [0.5, 0.6) is 23.0 Å². The highest BCUT2D eigenvalue weighted by atomic mass is 16.5. The summed E-state index contributed by atoms with van der Waals surface area (Å²) < 4.78 is 21.9. The van der Waals surface area contributed by atoms with Crippen molar-refractivity contribution in [1.82, 2.24) is 0 Å². The number of ether oxygens (including phenoxy) is 4. The molecule has 2 rings (SSSR count). The summed E-state index contributed by atoms with van der Waals surface area (Å²) in [7, 11) is 4.68. The molecular weight excluding hydrogens is 422 g/mol. The van der Waals surface area contributed by atoms with Crippen molar-refractivity contribution in [3.8, 4) is 29.1 Å². The van der Waals surface area contributed by atoms with E-state index < -0.39 is 5.97 Å². The van der Waals surface area contributed by atoms with Crippen LogP contribution in [-0.2, 0) is 4.79 Å². The third-order valence-corrected chi connectivity index (χ3v) is 4.96. The fraction of sp³-hybridized carbons (Fsp3) is 0.308. The fourth-order valence-electron chi connectivity index (χ4n) is 3.08. The first kappa shape index (κ1) is 25.3. The molecule has 0 amide bonds. The number of benzene rings is 2. The molecule has 0 aliphatic rings. The summed E-state index contributed by atoms with van der Waals surface area (Å²) in [5.74, 6) is 1.42. The molecule has 0 aliphatic carbocycles. The first-order valence-electron chi connectivity index (χ1n) is 10.5. The highest BCUT2D eigenvalue weighted by Crippen LogP contribution is 2.33. The van der Waals surface area contributed by atoms with E-state index in [-0.39, 0.29) is 0 Å². The molecule has 0 atom stereocenters. The zero-order valence-electron chi connectivity index (χ0n) is 19.4. The molecule has 0 radical (unpaired) electrons. The Morgan fingerprint density at radius 3 is 2.27 bits per heavy atom. The van der Waals surface area contributed by atoms with Crippen molar-refractivity contribution in [3.63, 3.8) is 0 Å². The lowest BCUT2D eigenvalue weighted by atomic mass is 10.0. The van der Waals surface area contributed by atoms with Crippen molar-refractivity contribution in [3.05, 3.63) is 59.2 Å². The number of hydrogen-bond acceptors (Lipinski definition) is 6. The van der Waals surface area contributed by atoms with Gasteiger partial charge in [0.15, 0.2) is 23.0 Å². The van der Waals surface area contributed by atoms with Gasteiger partial charge in [0.05, 0.1) is 39.6 Å². The molecule has 1 N–H and O–H groups in total. The maximum absolute atomic E-state index is 10.8. The summed E-state index contributed by atoms with van der Waals surface area (Å²) in [6.45, 7) is 2.07. The van der Waals surface area contributed by atoms with Crippen molar-refractivity contribution in [1.29, 1.82) is 5.26 Å².